The zero-order chi connectivity index (χ0) is 10.7. The molecule has 14 heavy (non-hydrogen) atoms. The molecule has 0 saturated carbocycles. The van der Waals surface area contributed by atoms with Gasteiger partial charge >= 0.3 is 0 Å². The molecule has 0 aliphatic carbocycles. The van der Waals surface area contributed by atoms with Gasteiger partial charge in [-0.1, -0.05) is 13.8 Å². The van der Waals surface area contributed by atoms with Crippen LogP contribution in [0.5, 0.6) is 0 Å². The van der Waals surface area contributed by atoms with Crippen LogP contribution in [0.25, 0.3) is 0 Å². The Morgan fingerprint density at radius 3 is 2.71 bits per heavy atom. The molecule has 0 fully saturated rings. The lowest BCUT2D eigenvalue weighted by Gasteiger charge is -2.13. The van der Waals surface area contributed by atoms with E-state index < -0.39 is 4.92 Å². The summed E-state index contributed by atoms with van der Waals surface area (Å²) in [7, 11) is 0. The van der Waals surface area contributed by atoms with Crippen LogP contribution < -0.4 is 5.73 Å². The Kier molecular flexibility index (Phi) is 3.14. The fourth-order valence-corrected chi connectivity index (χ4v) is 1.07. The van der Waals surface area contributed by atoms with Crippen molar-refractivity contribution < 1.29 is 4.92 Å². The normalized spacial score (nSPS) is 12.9. The number of nitrogens with two attached hydrogens (primary N) is 1. The van der Waals surface area contributed by atoms with Gasteiger partial charge in [-0.15, -0.1) is 0 Å². The predicted octanol–water partition coefficient (Wildman–Crippen LogP) is 1.65. The van der Waals surface area contributed by atoms with Gasteiger partial charge in [0.2, 0.25) is 0 Å². The van der Waals surface area contributed by atoms with Gasteiger partial charge < -0.3 is 5.73 Å². The van der Waals surface area contributed by atoms with Crippen molar-refractivity contribution in [2.45, 2.75) is 19.9 Å². The average molecular weight is 195 g/mol. The van der Waals surface area contributed by atoms with Gasteiger partial charge in [-0.05, 0) is 5.92 Å². The third kappa shape index (κ3) is 2.26. The number of nitro groups is 1. The van der Waals surface area contributed by atoms with Crippen molar-refractivity contribution in [3.8, 4) is 0 Å². The van der Waals surface area contributed by atoms with E-state index in [-0.39, 0.29) is 17.6 Å². The van der Waals surface area contributed by atoms with E-state index in [9.17, 15) is 10.1 Å². The summed E-state index contributed by atoms with van der Waals surface area (Å²) >= 11 is 0. The largest absolute Gasteiger partial charge is 0.322 e. The van der Waals surface area contributed by atoms with Gasteiger partial charge in [0.1, 0.15) is 0 Å². The maximum atomic E-state index is 10.5. The third-order valence-corrected chi connectivity index (χ3v) is 2.04. The Hall–Kier alpha value is -1.49. The molecule has 1 aromatic heterocycles. The summed E-state index contributed by atoms with van der Waals surface area (Å²) in [6, 6.07) is 2.52. The van der Waals surface area contributed by atoms with Crippen molar-refractivity contribution in [2.24, 2.45) is 11.7 Å². The first-order valence-corrected chi connectivity index (χ1v) is 4.38. The Labute approximate surface area is 82.1 Å². The highest BCUT2D eigenvalue weighted by atomic mass is 16.6. The molecule has 0 radical (unpaired) electrons. The summed E-state index contributed by atoms with van der Waals surface area (Å²) in [5.74, 6) is 0.213. The van der Waals surface area contributed by atoms with E-state index in [1.807, 2.05) is 13.8 Å². The molecule has 2 N–H and O–H groups in total. The number of pyridine rings is 1. The Morgan fingerprint density at radius 1 is 1.57 bits per heavy atom. The molecule has 76 valence electrons. The molecule has 1 heterocycles. The van der Waals surface area contributed by atoms with Crippen LogP contribution in [-0.2, 0) is 0 Å². The van der Waals surface area contributed by atoms with Crippen LogP contribution >= 0.6 is 0 Å². The number of nitrogens with zero attached hydrogens (tertiary/aromatic N) is 2. The maximum absolute atomic E-state index is 10.5. The van der Waals surface area contributed by atoms with E-state index in [1.54, 1.807) is 0 Å². The summed E-state index contributed by atoms with van der Waals surface area (Å²) < 4.78 is 0. The number of hydrogen-bond acceptors (Lipinski definition) is 4. The molecule has 1 aromatic rings. The summed E-state index contributed by atoms with van der Waals surface area (Å²) in [4.78, 5) is 14.0. The topological polar surface area (TPSA) is 82.0 Å². The Balaban J connectivity index is 2.99. The third-order valence-electron chi connectivity index (χ3n) is 2.04. The molecule has 0 saturated heterocycles. The molecule has 0 aliphatic rings. The fraction of sp³-hybridized carbons (Fsp3) is 0.444. The SMILES string of the molecule is CC(C)C(N)c1cc([N+](=O)[O-])ccn1. The molecule has 0 aliphatic heterocycles. The molecule has 1 atom stereocenters. The summed E-state index contributed by atoms with van der Waals surface area (Å²) in [6.07, 6.45) is 1.41. The van der Waals surface area contributed by atoms with E-state index in [1.165, 1.54) is 18.3 Å². The van der Waals surface area contributed by atoms with Gasteiger partial charge in [0.05, 0.1) is 10.6 Å². The quantitative estimate of drug-likeness (QED) is 0.587. The van der Waals surface area contributed by atoms with Crippen LogP contribution in [-0.4, -0.2) is 9.91 Å². The molecular formula is C9H13N3O2. The zero-order valence-corrected chi connectivity index (χ0v) is 8.18. The summed E-state index contributed by atoms with van der Waals surface area (Å²) in [5, 5.41) is 10.5. The highest BCUT2D eigenvalue weighted by Gasteiger charge is 2.15. The van der Waals surface area contributed by atoms with E-state index in [4.69, 9.17) is 5.73 Å². The monoisotopic (exact) mass is 195 g/mol. The second-order valence-corrected chi connectivity index (χ2v) is 3.47. The first-order chi connectivity index (χ1) is 6.52. The number of rotatable bonds is 3. The highest BCUT2D eigenvalue weighted by Crippen LogP contribution is 2.20. The molecule has 0 spiro atoms. The van der Waals surface area contributed by atoms with E-state index in [0.717, 1.165) is 0 Å². The van der Waals surface area contributed by atoms with Gasteiger partial charge in [0, 0.05) is 24.4 Å². The molecule has 0 bridgehead atoms. The molecule has 5 heteroatoms. The molecule has 1 unspecified atom stereocenters. The van der Waals surface area contributed by atoms with Crippen molar-refractivity contribution in [2.75, 3.05) is 0 Å². The van der Waals surface area contributed by atoms with Crippen molar-refractivity contribution in [3.63, 3.8) is 0 Å². The van der Waals surface area contributed by atoms with Gasteiger partial charge in [0.25, 0.3) is 5.69 Å². The molecule has 5 nitrogen and oxygen atoms in total. The van der Waals surface area contributed by atoms with E-state index in [0.29, 0.717) is 5.69 Å². The van der Waals surface area contributed by atoms with Crippen LogP contribution in [0.15, 0.2) is 18.3 Å². The fourth-order valence-electron chi connectivity index (χ4n) is 1.07. The number of aromatic nitrogens is 1. The predicted molar refractivity (Wildman–Crippen MR) is 52.7 cm³/mol. The second-order valence-electron chi connectivity index (χ2n) is 3.47. The van der Waals surface area contributed by atoms with E-state index >= 15 is 0 Å². The van der Waals surface area contributed by atoms with Crippen LogP contribution in [0.3, 0.4) is 0 Å². The van der Waals surface area contributed by atoms with Crippen LogP contribution in [0.1, 0.15) is 25.6 Å². The summed E-state index contributed by atoms with van der Waals surface area (Å²) in [5.41, 5.74) is 6.42. The van der Waals surface area contributed by atoms with Crippen molar-refractivity contribution in [1.82, 2.24) is 4.98 Å². The molecule has 0 aromatic carbocycles. The van der Waals surface area contributed by atoms with Crippen molar-refractivity contribution >= 4 is 5.69 Å². The van der Waals surface area contributed by atoms with Crippen LogP contribution in [0, 0.1) is 16.0 Å². The van der Waals surface area contributed by atoms with Crippen molar-refractivity contribution in [1.29, 1.82) is 0 Å². The smallest absolute Gasteiger partial charge is 0.272 e. The van der Waals surface area contributed by atoms with Gasteiger partial charge in [0.15, 0.2) is 0 Å². The minimum Gasteiger partial charge on any atom is -0.322 e. The minimum absolute atomic E-state index is 0.0334. The lowest BCUT2D eigenvalue weighted by molar-refractivity contribution is -0.385. The number of hydrogen-bond donors (Lipinski definition) is 1. The first kappa shape index (κ1) is 10.6. The Morgan fingerprint density at radius 2 is 2.21 bits per heavy atom. The average Bonchev–Trinajstić information content (AvgIpc) is 2.16. The van der Waals surface area contributed by atoms with Crippen LogP contribution in [0.2, 0.25) is 0 Å². The van der Waals surface area contributed by atoms with Crippen LogP contribution in [0.4, 0.5) is 5.69 Å². The van der Waals surface area contributed by atoms with Crippen molar-refractivity contribution in [3.05, 3.63) is 34.1 Å². The molecule has 0 amide bonds. The van der Waals surface area contributed by atoms with Gasteiger partial charge in [-0.3, -0.25) is 15.1 Å². The standard InChI is InChI=1S/C9H13N3O2/c1-6(2)9(10)8-5-7(12(13)14)3-4-11-8/h3-6,9H,10H2,1-2H3. The molecule has 1 rings (SSSR count). The van der Waals surface area contributed by atoms with Gasteiger partial charge in [-0.2, -0.15) is 0 Å². The molecular weight excluding hydrogens is 182 g/mol. The second kappa shape index (κ2) is 4.15. The zero-order valence-electron chi connectivity index (χ0n) is 8.18. The van der Waals surface area contributed by atoms with E-state index in [2.05, 4.69) is 4.98 Å². The lowest BCUT2D eigenvalue weighted by Crippen LogP contribution is -2.18. The van der Waals surface area contributed by atoms with Gasteiger partial charge in [-0.25, -0.2) is 0 Å². The lowest BCUT2D eigenvalue weighted by atomic mass is 10.0. The summed E-state index contributed by atoms with van der Waals surface area (Å²) in [6.45, 7) is 3.90. The minimum atomic E-state index is -0.446. The maximum Gasteiger partial charge on any atom is 0.272 e. The Bertz CT molecular complexity index is 339. The first-order valence-electron chi connectivity index (χ1n) is 4.38. The highest BCUT2D eigenvalue weighted by molar-refractivity contribution is 5.30.